The topological polar surface area (TPSA) is 41.5 Å². The number of methoxy groups -OCH3 is 1. The molecule has 1 saturated carbocycles. The van der Waals surface area contributed by atoms with Crippen molar-refractivity contribution in [2.45, 2.75) is 57.2 Å². The number of hydrogen-bond donors (Lipinski definition) is 2. The molecule has 0 amide bonds. The lowest BCUT2D eigenvalue weighted by Crippen LogP contribution is -2.40. The van der Waals surface area contributed by atoms with Gasteiger partial charge in [0.2, 0.25) is 0 Å². The Morgan fingerprint density at radius 1 is 1.16 bits per heavy atom. The first-order valence-electron chi connectivity index (χ1n) is 7.29. The normalized spacial score (nSPS) is 25.6. The molecule has 3 atom stereocenters. The third kappa shape index (κ3) is 3.95. The summed E-state index contributed by atoms with van der Waals surface area (Å²) in [4.78, 5) is 0. The molecule has 0 aliphatic heterocycles. The highest BCUT2D eigenvalue weighted by Crippen LogP contribution is 2.22. The summed E-state index contributed by atoms with van der Waals surface area (Å²) in [5.41, 5.74) is 1.23. The maximum atomic E-state index is 10.1. The van der Waals surface area contributed by atoms with E-state index in [2.05, 4.69) is 24.4 Å². The lowest BCUT2D eigenvalue weighted by Gasteiger charge is -2.26. The van der Waals surface area contributed by atoms with E-state index in [-0.39, 0.29) is 18.2 Å². The molecule has 0 heterocycles. The van der Waals surface area contributed by atoms with Gasteiger partial charge in [-0.1, -0.05) is 31.4 Å². The fraction of sp³-hybridized carbons (Fsp3) is 0.625. The number of rotatable bonds is 4. The lowest BCUT2D eigenvalue weighted by molar-refractivity contribution is 0.115. The predicted octanol–water partition coefficient (Wildman–Crippen LogP) is 3.04. The molecule has 1 aromatic rings. The summed E-state index contributed by atoms with van der Waals surface area (Å²) < 4.78 is 5.17. The Bertz CT molecular complexity index is 377. The van der Waals surface area contributed by atoms with Gasteiger partial charge in [-0.3, -0.25) is 0 Å². The van der Waals surface area contributed by atoms with Gasteiger partial charge in [-0.25, -0.2) is 0 Å². The van der Waals surface area contributed by atoms with Crippen LogP contribution in [0.25, 0.3) is 0 Å². The minimum Gasteiger partial charge on any atom is -0.497 e. The molecule has 106 valence electrons. The maximum Gasteiger partial charge on any atom is 0.118 e. The van der Waals surface area contributed by atoms with E-state index in [1.165, 1.54) is 18.4 Å². The van der Waals surface area contributed by atoms with Crippen LogP contribution in [0.2, 0.25) is 0 Å². The van der Waals surface area contributed by atoms with E-state index < -0.39 is 0 Å². The van der Waals surface area contributed by atoms with Gasteiger partial charge in [0.1, 0.15) is 5.75 Å². The van der Waals surface area contributed by atoms with Gasteiger partial charge in [0.05, 0.1) is 13.2 Å². The van der Waals surface area contributed by atoms with Crippen LogP contribution in [-0.4, -0.2) is 24.4 Å². The third-order valence-electron chi connectivity index (χ3n) is 4.06. The number of aliphatic hydroxyl groups excluding tert-OH is 1. The zero-order valence-electron chi connectivity index (χ0n) is 11.9. The first-order valence-corrected chi connectivity index (χ1v) is 7.29. The van der Waals surface area contributed by atoms with Crippen molar-refractivity contribution in [2.75, 3.05) is 7.11 Å². The quantitative estimate of drug-likeness (QED) is 0.820. The molecule has 0 bridgehead atoms. The van der Waals surface area contributed by atoms with Crippen LogP contribution >= 0.6 is 0 Å². The van der Waals surface area contributed by atoms with E-state index in [9.17, 15) is 5.11 Å². The molecule has 0 aromatic heterocycles. The van der Waals surface area contributed by atoms with E-state index in [0.717, 1.165) is 25.0 Å². The Kier molecular flexibility index (Phi) is 5.23. The largest absolute Gasteiger partial charge is 0.497 e. The smallest absolute Gasteiger partial charge is 0.118 e. The van der Waals surface area contributed by atoms with Crippen LogP contribution in [0.15, 0.2) is 24.3 Å². The lowest BCUT2D eigenvalue weighted by atomic mass is 10.0. The Hall–Kier alpha value is -1.06. The van der Waals surface area contributed by atoms with Gasteiger partial charge in [-0.2, -0.15) is 0 Å². The van der Waals surface area contributed by atoms with E-state index in [4.69, 9.17) is 4.74 Å². The highest BCUT2D eigenvalue weighted by molar-refractivity contribution is 5.28. The van der Waals surface area contributed by atoms with E-state index >= 15 is 0 Å². The highest BCUT2D eigenvalue weighted by Gasteiger charge is 2.23. The third-order valence-corrected chi connectivity index (χ3v) is 4.06. The number of ether oxygens (including phenoxy) is 1. The summed E-state index contributed by atoms with van der Waals surface area (Å²) >= 11 is 0. The van der Waals surface area contributed by atoms with Crippen LogP contribution in [-0.2, 0) is 0 Å². The van der Waals surface area contributed by atoms with E-state index in [1.54, 1.807) is 7.11 Å². The van der Waals surface area contributed by atoms with Gasteiger partial charge in [0.25, 0.3) is 0 Å². The molecular formula is C16H25NO2. The van der Waals surface area contributed by atoms with Crippen molar-refractivity contribution in [3.05, 3.63) is 29.8 Å². The first kappa shape index (κ1) is 14.4. The Labute approximate surface area is 116 Å². The summed E-state index contributed by atoms with van der Waals surface area (Å²) in [6, 6.07) is 8.61. The zero-order valence-corrected chi connectivity index (χ0v) is 11.9. The van der Waals surface area contributed by atoms with Crippen LogP contribution in [0.3, 0.4) is 0 Å². The average Bonchev–Trinajstić information content (AvgIpc) is 2.64. The van der Waals surface area contributed by atoms with Gasteiger partial charge in [0, 0.05) is 12.1 Å². The molecule has 2 rings (SSSR count). The molecule has 19 heavy (non-hydrogen) atoms. The number of hydrogen-bond acceptors (Lipinski definition) is 3. The predicted molar refractivity (Wildman–Crippen MR) is 77.4 cm³/mol. The second kappa shape index (κ2) is 6.92. The van der Waals surface area contributed by atoms with Gasteiger partial charge in [0.15, 0.2) is 0 Å². The van der Waals surface area contributed by atoms with Gasteiger partial charge >= 0.3 is 0 Å². The summed E-state index contributed by atoms with van der Waals surface area (Å²) in [5, 5.41) is 13.7. The van der Waals surface area contributed by atoms with Crippen molar-refractivity contribution in [3.8, 4) is 5.75 Å². The van der Waals surface area contributed by atoms with E-state index in [0.29, 0.717) is 0 Å². The minimum atomic E-state index is -0.205. The summed E-state index contributed by atoms with van der Waals surface area (Å²) in [5.74, 6) is 0.880. The molecule has 1 fully saturated rings. The molecule has 0 radical (unpaired) electrons. The number of aliphatic hydroxyl groups is 1. The van der Waals surface area contributed by atoms with Crippen LogP contribution in [0.1, 0.15) is 50.6 Å². The second-order valence-electron chi connectivity index (χ2n) is 5.47. The standard InChI is InChI=1S/C16H25NO2/c1-12(13-8-10-14(19-2)11-9-13)17-15-6-4-3-5-7-16(15)18/h8-12,15-18H,3-7H2,1-2H3. The molecule has 1 aromatic carbocycles. The van der Waals surface area contributed by atoms with Crippen LogP contribution < -0.4 is 10.1 Å². The SMILES string of the molecule is COc1ccc(C(C)NC2CCCCCC2O)cc1. The Balaban J connectivity index is 1.96. The molecule has 3 heteroatoms. The fourth-order valence-corrected chi connectivity index (χ4v) is 2.79. The summed E-state index contributed by atoms with van der Waals surface area (Å²) in [6.07, 6.45) is 5.39. The summed E-state index contributed by atoms with van der Waals surface area (Å²) in [7, 11) is 1.68. The molecule has 2 N–H and O–H groups in total. The van der Waals surface area contributed by atoms with Crippen LogP contribution in [0.4, 0.5) is 0 Å². The van der Waals surface area contributed by atoms with Gasteiger partial charge in [-0.15, -0.1) is 0 Å². The van der Waals surface area contributed by atoms with Gasteiger partial charge in [-0.05, 0) is 37.5 Å². The molecule has 1 aliphatic rings. The first-order chi connectivity index (χ1) is 9.20. The number of benzene rings is 1. The molecule has 3 nitrogen and oxygen atoms in total. The number of nitrogens with one attached hydrogen (secondary N) is 1. The Morgan fingerprint density at radius 2 is 1.84 bits per heavy atom. The molecule has 3 unspecified atom stereocenters. The average molecular weight is 263 g/mol. The Morgan fingerprint density at radius 3 is 2.53 bits per heavy atom. The van der Waals surface area contributed by atoms with Crippen LogP contribution in [0, 0.1) is 0 Å². The van der Waals surface area contributed by atoms with Crippen molar-refractivity contribution in [3.63, 3.8) is 0 Å². The zero-order chi connectivity index (χ0) is 13.7. The molecular weight excluding hydrogens is 238 g/mol. The van der Waals surface area contributed by atoms with Crippen molar-refractivity contribution < 1.29 is 9.84 Å². The monoisotopic (exact) mass is 263 g/mol. The minimum absolute atomic E-state index is 0.205. The van der Waals surface area contributed by atoms with Crippen LogP contribution in [0.5, 0.6) is 5.75 Å². The molecule has 0 saturated heterocycles. The maximum absolute atomic E-state index is 10.1. The molecule has 1 aliphatic carbocycles. The van der Waals surface area contributed by atoms with Crippen molar-refractivity contribution in [1.82, 2.24) is 5.32 Å². The highest BCUT2D eigenvalue weighted by atomic mass is 16.5. The van der Waals surface area contributed by atoms with Crippen molar-refractivity contribution in [2.24, 2.45) is 0 Å². The summed E-state index contributed by atoms with van der Waals surface area (Å²) in [6.45, 7) is 2.15. The molecule has 0 spiro atoms. The van der Waals surface area contributed by atoms with Gasteiger partial charge < -0.3 is 15.2 Å². The fourth-order valence-electron chi connectivity index (χ4n) is 2.79. The van der Waals surface area contributed by atoms with Crippen molar-refractivity contribution >= 4 is 0 Å². The van der Waals surface area contributed by atoms with Crippen molar-refractivity contribution in [1.29, 1.82) is 0 Å². The second-order valence-corrected chi connectivity index (χ2v) is 5.47. The van der Waals surface area contributed by atoms with E-state index in [1.807, 2.05) is 12.1 Å².